The normalized spacial score (nSPS) is 11.2. The summed E-state index contributed by atoms with van der Waals surface area (Å²) < 4.78 is 62.4. The number of para-hydroxylation sites is 1. The van der Waals surface area contributed by atoms with Gasteiger partial charge in [0.2, 0.25) is 5.95 Å². The van der Waals surface area contributed by atoms with Crippen molar-refractivity contribution in [3.63, 3.8) is 0 Å². The first-order chi connectivity index (χ1) is 23.2. The van der Waals surface area contributed by atoms with E-state index in [-0.39, 0.29) is 35.1 Å². The molecule has 0 atom stereocenters. The molecule has 0 unspecified atom stereocenters. The van der Waals surface area contributed by atoms with Crippen molar-refractivity contribution in [2.45, 2.75) is 25.7 Å². The molecule has 3 heterocycles. The van der Waals surface area contributed by atoms with Gasteiger partial charge < -0.3 is 26.0 Å². The Morgan fingerprint density at radius 3 is 2.22 bits per heavy atom. The molecular weight excluding hydrogens is 659 g/mol. The van der Waals surface area contributed by atoms with E-state index < -0.39 is 54.3 Å². The second kappa shape index (κ2) is 15.4. The molecule has 2 aromatic carbocycles. The number of carbonyl (C=O) groups is 2. The van der Waals surface area contributed by atoms with E-state index in [1.165, 1.54) is 12.1 Å². The van der Waals surface area contributed by atoms with Crippen molar-refractivity contribution in [2.24, 2.45) is 0 Å². The van der Waals surface area contributed by atoms with Crippen LogP contribution in [-0.4, -0.2) is 72.1 Å². The lowest BCUT2D eigenvalue weighted by atomic mass is 9.99. The third kappa shape index (κ3) is 8.57. The highest BCUT2D eigenvalue weighted by Crippen LogP contribution is 2.32. The number of carboxylic acids is 1. The van der Waals surface area contributed by atoms with Crippen LogP contribution in [0.4, 0.5) is 27.9 Å². The van der Waals surface area contributed by atoms with Crippen LogP contribution in [0.1, 0.15) is 21.5 Å². The first-order valence-corrected chi connectivity index (χ1v) is 14.2. The van der Waals surface area contributed by atoms with Crippen LogP contribution in [0, 0.1) is 18.6 Å². The maximum atomic E-state index is 14.9. The molecule has 0 aliphatic heterocycles. The zero-order chi connectivity index (χ0) is 35.9. The molecule has 5 N–H and O–H groups in total. The van der Waals surface area contributed by atoms with Crippen LogP contribution in [0.25, 0.3) is 28.0 Å². The number of carboxylic acid groups (broad SMARTS) is 1. The summed E-state index contributed by atoms with van der Waals surface area (Å²) in [6.45, 7) is 1.11. The minimum atomic E-state index is -5.08. The van der Waals surface area contributed by atoms with E-state index in [9.17, 15) is 41.8 Å². The zero-order valence-electron chi connectivity index (χ0n) is 25.4. The number of hydrogen-bond acceptors (Lipinski definition) is 9. The number of nitrogens with one attached hydrogen (secondary N) is 2. The second-order valence-corrected chi connectivity index (χ2v) is 10.3. The smallest absolute Gasteiger partial charge is 0.475 e. The van der Waals surface area contributed by atoms with Gasteiger partial charge in [0, 0.05) is 41.5 Å². The Bertz CT molecular complexity index is 2020. The Morgan fingerprint density at radius 1 is 0.959 bits per heavy atom. The number of nitrogens with zero attached hydrogens (tertiary/aromatic N) is 4. The van der Waals surface area contributed by atoms with Crippen LogP contribution >= 0.6 is 0 Å². The molecule has 0 radical (unpaired) electrons. The zero-order valence-corrected chi connectivity index (χ0v) is 25.4. The Hall–Kier alpha value is -5.81. The number of pyridine rings is 2. The highest BCUT2D eigenvalue weighted by molar-refractivity contribution is 5.98. The van der Waals surface area contributed by atoms with Gasteiger partial charge in [-0.05, 0) is 54.4 Å². The number of rotatable bonds is 9. The molecule has 0 bridgehead atoms. The average molecular weight is 687 g/mol. The first-order valence-electron chi connectivity index (χ1n) is 14.2. The number of hydrogen-bond donors (Lipinski definition) is 5. The third-order valence-corrected chi connectivity index (χ3v) is 6.86. The summed E-state index contributed by atoms with van der Waals surface area (Å²) in [6.07, 6.45) is -1.80. The number of anilines is 1. The maximum absolute atomic E-state index is 14.9. The molecular formula is C32H27F5N6O6. The Balaban J connectivity index is 0.000000698. The summed E-state index contributed by atoms with van der Waals surface area (Å²) in [6, 6.07) is 13.6. The van der Waals surface area contributed by atoms with E-state index in [0.29, 0.717) is 16.7 Å². The van der Waals surface area contributed by atoms with Crippen molar-refractivity contribution < 1.29 is 46.9 Å². The monoisotopic (exact) mass is 686 g/mol. The predicted octanol–water partition coefficient (Wildman–Crippen LogP) is 3.76. The lowest BCUT2D eigenvalue weighted by Crippen LogP contribution is -2.29. The summed E-state index contributed by atoms with van der Waals surface area (Å²) in [5.74, 6) is -5.19. The van der Waals surface area contributed by atoms with Crippen molar-refractivity contribution in [1.82, 2.24) is 24.8 Å². The fourth-order valence-electron chi connectivity index (χ4n) is 4.44. The minimum absolute atomic E-state index is 0.118. The molecule has 0 saturated heterocycles. The lowest BCUT2D eigenvalue weighted by molar-refractivity contribution is -0.192. The molecule has 0 aliphatic carbocycles. The molecule has 0 fully saturated rings. The van der Waals surface area contributed by atoms with Crippen molar-refractivity contribution in [3.8, 4) is 16.9 Å². The van der Waals surface area contributed by atoms with Gasteiger partial charge >= 0.3 is 12.1 Å². The van der Waals surface area contributed by atoms with Crippen molar-refractivity contribution in [1.29, 1.82) is 0 Å². The van der Waals surface area contributed by atoms with Gasteiger partial charge in [0.1, 0.15) is 17.3 Å². The van der Waals surface area contributed by atoms with E-state index >= 15 is 0 Å². The molecule has 5 rings (SSSR count). The Morgan fingerprint density at radius 2 is 1.63 bits per heavy atom. The molecule has 12 nitrogen and oxygen atoms in total. The lowest BCUT2D eigenvalue weighted by Gasteiger charge is -2.18. The molecule has 0 spiro atoms. The average Bonchev–Trinajstić information content (AvgIpc) is 3.07. The number of aliphatic carboxylic acids is 1. The van der Waals surface area contributed by atoms with Crippen LogP contribution in [0.2, 0.25) is 0 Å². The number of carbonyl (C=O) groups excluding carboxylic acids is 1. The van der Waals surface area contributed by atoms with E-state index in [1.54, 1.807) is 43.6 Å². The number of halogens is 5. The van der Waals surface area contributed by atoms with E-state index in [4.69, 9.17) is 9.90 Å². The van der Waals surface area contributed by atoms with Crippen LogP contribution < -0.4 is 16.2 Å². The van der Waals surface area contributed by atoms with Crippen LogP contribution in [0.5, 0.6) is 0 Å². The first kappa shape index (κ1) is 36.0. The van der Waals surface area contributed by atoms with Crippen LogP contribution in [0.3, 0.4) is 0 Å². The van der Waals surface area contributed by atoms with Crippen LogP contribution in [-0.2, 0) is 11.3 Å². The standard InChI is InChI=1S/C30H26F2N6O4.C2HF3O2/c1-17-7-8-19(29(42)34-14-18-4-3-11-33-13-18)12-22(17)26-21-9-10-25(41)38(27-23(31)5-2-6-24(27)32)28(21)37-30(36-26)35-20(15-39)16-40;3-2(4,5)1(6)7/h2-13,20,39-40H,14-16H2,1H3,(H,34,42)(H,35,36,37);(H,6,7). The number of aliphatic hydroxyl groups is 2. The van der Waals surface area contributed by atoms with Gasteiger partial charge in [0.25, 0.3) is 11.5 Å². The number of aliphatic hydroxyl groups excluding tert-OH is 2. The summed E-state index contributed by atoms with van der Waals surface area (Å²) in [5.41, 5.74) is 1.09. The molecule has 0 aliphatic rings. The summed E-state index contributed by atoms with van der Waals surface area (Å²) in [4.78, 5) is 48.0. The molecule has 3 aromatic heterocycles. The fourth-order valence-corrected chi connectivity index (χ4v) is 4.44. The number of amides is 1. The Labute approximate surface area is 273 Å². The maximum Gasteiger partial charge on any atom is 0.490 e. The summed E-state index contributed by atoms with van der Waals surface area (Å²) >= 11 is 0. The topological polar surface area (TPSA) is 180 Å². The van der Waals surface area contributed by atoms with E-state index in [2.05, 4.69) is 25.6 Å². The molecule has 1 amide bonds. The van der Waals surface area contributed by atoms with Crippen molar-refractivity contribution in [2.75, 3.05) is 18.5 Å². The number of alkyl halides is 3. The third-order valence-electron chi connectivity index (χ3n) is 6.86. The number of benzene rings is 2. The largest absolute Gasteiger partial charge is 0.490 e. The van der Waals surface area contributed by atoms with Gasteiger partial charge in [0.15, 0.2) is 5.65 Å². The number of aromatic nitrogens is 4. The number of fused-ring (bicyclic) bond motifs is 1. The Kier molecular flexibility index (Phi) is 11.3. The molecule has 17 heteroatoms. The summed E-state index contributed by atoms with van der Waals surface area (Å²) in [7, 11) is 0. The molecule has 5 aromatic rings. The van der Waals surface area contributed by atoms with Crippen LogP contribution in [0.15, 0.2) is 77.9 Å². The van der Waals surface area contributed by atoms with Gasteiger partial charge in [-0.15, -0.1) is 0 Å². The van der Waals surface area contributed by atoms with Crippen molar-refractivity contribution >= 4 is 28.9 Å². The fraction of sp³-hybridized carbons (Fsp3) is 0.188. The van der Waals surface area contributed by atoms with E-state index in [1.807, 2.05) is 6.07 Å². The quantitative estimate of drug-likeness (QED) is 0.143. The van der Waals surface area contributed by atoms with Gasteiger partial charge in [-0.3, -0.25) is 19.1 Å². The van der Waals surface area contributed by atoms with E-state index in [0.717, 1.165) is 28.3 Å². The van der Waals surface area contributed by atoms with Gasteiger partial charge in [0.05, 0.1) is 24.9 Å². The van der Waals surface area contributed by atoms with Gasteiger partial charge in [-0.2, -0.15) is 18.2 Å². The minimum Gasteiger partial charge on any atom is -0.475 e. The molecule has 256 valence electrons. The number of aryl methyl sites for hydroxylation is 1. The summed E-state index contributed by atoms with van der Waals surface area (Å²) in [5, 5.41) is 32.3. The highest BCUT2D eigenvalue weighted by atomic mass is 19.4. The molecule has 0 saturated carbocycles. The van der Waals surface area contributed by atoms with Gasteiger partial charge in [-0.1, -0.05) is 18.2 Å². The molecule has 49 heavy (non-hydrogen) atoms. The highest BCUT2D eigenvalue weighted by Gasteiger charge is 2.38. The second-order valence-electron chi connectivity index (χ2n) is 10.3. The van der Waals surface area contributed by atoms with Gasteiger partial charge in [-0.25, -0.2) is 18.6 Å². The van der Waals surface area contributed by atoms with Crippen molar-refractivity contribution in [3.05, 3.63) is 112 Å². The SMILES string of the molecule is Cc1ccc(C(=O)NCc2cccnc2)cc1-c1nc(NC(CO)CO)nc2c1ccc(=O)n2-c1c(F)cccc1F.O=C(O)C(F)(F)F. The predicted molar refractivity (Wildman–Crippen MR) is 166 cm³/mol.